The summed E-state index contributed by atoms with van der Waals surface area (Å²) in [6, 6.07) is 20.6. The first-order valence-electron chi connectivity index (χ1n) is 13.7. The third kappa shape index (κ3) is 5.61. The van der Waals surface area contributed by atoms with Gasteiger partial charge in [0.2, 0.25) is 0 Å². The minimum absolute atomic E-state index is 0.172. The van der Waals surface area contributed by atoms with Crippen LogP contribution in [0.3, 0.4) is 0 Å². The van der Waals surface area contributed by atoms with Crippen molar-refractivity contribution in [2.75, 3.05) is 31.7 Å². The van der Waals surface area contributed by atoms with Crippen molar-refractivity contribution < 1.29 is 23.8 Å². The molecular formula is C32H32N4O5. The fraction of sp³-hybridized carbons (Fsp3) is 0.281. The van der Waals surface area contributed by atoms with Crippen LogP contribution >= 0.6 is 0 Å². The van der Waals surface area contributed by atoms with E-state index in [4.69, 9.17) is 14.2 Å². The monoisotopic (exact) mass is 552 g/mol. The molecule has 1 saturated heterocycles. The van der Waals surface area contributed by atoms with Crippen molar-refractivity contribution in [3.05, 3.63) is 89.6 Å². The number of para-hydroxylation sites is 1. The summed E-state index contributed by atoms with van der Waals surface area (Å²) in [5, 5.41) is 7.16. The number of nitrogens with one attached hydrogen (secondary N) is 2. The number of aryl methyl sites for hydroxylation is 1. The third-order valence-electron chi connectivity index (χ3n) is 7.66. The number of carbonyl (C=O) groups excluding carboxylic acids is 2. The van der Waals surface area contributed by atoms with E-state index < -0.39 is 0 Å². The van der Waals surface area contributed by atoms with Gasteiger partial charge in [0.05, 0.1) is 18.7 Å². The Morgan fingerprint density at radius 1 is 1.05 bits per heavy atom. The van der Waals surface area contributed by atoms with Crippen LogP contribution in [0.25, 0.3) is 10.9 Å². The van der Waals surface area contributed by atoms with Crippen molar-refractivity contribution >= 4 is 28.4 Å². The summed E-state index contributed by atoms with van der Waals surface area (Å²) in [6.07, 6.45) is 2.22. The molecule has 2 atom stereocenters. The zero-order valence-corrected chi connectivity index (χ0v) is 23.1. The molecule has 2 amide bonds. The molecule has 3 aromatic carbocycles. The Labute approximate surface area is 238 Å². The quantitative estimate of drug-likeness (QED) is 0.387. The van der Waals surface area contributed by atoms with E-state index in [1.165, 1.54) is 0 Å². The van der Waals surface area contributed by atoms with Gasteiger partial charge in [-0.15, -0.1) is 0 Å². The molecule has 0 saturated carbocycles. The van der Waals surface area contributed by atoms with E-state index in [1.54, 1.807) is 19.2 Å². The number of ether oxygens (including phenoxy) is 3. The second-order valence-electron chi connectivity index (χ2n) is 10.3. The number of methoxy groups -OCH3 is 1. The number of pyridine rings is 1. The number of hydrogen-bond acceptors (Lipinski definition) is 7. The average Bonchev–Trinajstić information content (AvgIpc) is 3.00. The van der Waals surface area contributed by atoms with E-state index >= 15 is 0 Å². The lowest BCUT2D eigenvalue weighted by molar-refractivity contribution is -0.123. The predicted molar refractivity (Wildman–Crippen MR) is 156 cm³/mol. The summed E-state index contributed by atoms with van der Waals surface area (Å²) in [5.74, 6) is 1.21. The van der Waals surface area contributed by atoms with Crippen molar-refractivity contribution in [1.82, 2.24) is 15.6 Å². The van der Waals surface area contributed by atoms with E-state index in [9.17, 15) is 9.59 Å². The van der Waals surface area contributed by atoms with Gasteiger partial charge in [0.15, 0.2) is 6.61 Å². The van der Waals surface area contributed by atoms with Gasteiger partial charge in [-0.05, 0) is 48.9 Å². The lowest BCUT2D eigenvalue weighted by atomic mass is 9.99. The first-order valence-corrected chi connectivity index (χ1v) is 13.7. The smallest absolute Gasteiger partial charge is 0.258 e. The maximum atomic E-state index is 13.6. The highest BCUT2D eigenvalue weighted by Gasteiger charge is 2.33. The molecule has 3 aliphatic rings. The number of carbonyl (C=O) groups is 2. The second-order valence-corrected chi connectivity index (χ2v) is 10.3. The number of aromatic nitrogens is 1. The van der Waals surface area contributed by atoms with Crippen LogP contribution in [0.4, 0.5) is 5.69 Å². The molecule has 0 spiro atoms. The van der Waals surface area contributed by atoms with Gasteiger partial charge in [-0.25, -0.2) is 0 Å². The first-order chi connectivity index (χ1) is 20.0. The van der Waals surface area contributed by atoms with Crippen molar-refractivity contribution in [3.8, 4) is 17.2 Å². The van der Waals surface area contributed by atoms with E-state index in [0.717, 1.165) is 34.3 Å². The second kappa shape index (κ2) is 11.4. The predicted octanol–water partition coefficient (Wildman–Crippen LogP) is 4.02. The van der Waals surface area contributed by atoms with E-state index in [1.807, 2.05) is 61.7 Å². The lowest BCUT2D eigenvalue weighted by Crippen LogP contribution is -2.57. The Morgan fingerprint density at radius 2 is 1.93 bits per heavy atom. The standard InChI is InChI=1S/C32H32N4O5/c1-20-7-8-21-15-29(20)40-19-31(37)34-17-22-9-10-23(16-30(22)39-2)41-28-12-14-36(18-26(28)35-32(21)38)27-11-13-33-25-6-4-3-5-24(25)27/h3-11,13,15-16,26,28H,12,14,17-19H2,1-2H3,(H,34,37)(H,35,38)/t26-,28+/m0/s1. The van der Waals surface area contributed by atoms with Crippen LogP contribution in [0.5, 0.6) is 17.2 Å². The minimum atomic E-state index is -0.321. The number of benzene rings is 3. The molecule has 0 radical (unpaired) electrons. The highest BCUT2D eigenvalue weighted by atomic mass is 16.5. The van der Waals surface area contributed by atoms with Crippen LogP contribution in [0.2, 0.25) is 0 Å². The Bertz CT molecular complexity index is 1600. The van der Waals surface area contributed by atoms with E-state index in [-0.39, 0.29) is 37.1 Å². The first kappa shape index (κ1) is 26.4. The van der Waals surface area contributed by atoms with Crippen molar-refractivity contribution in [2.45, 2.75) is 32.0 Å². The Balaban J connectivity index is 1.35. The molecule has 210 valence electrons. The summed E-state index contributed by atoms with van der Waals surface area (Å²) in [4.78, 5) is 32.9. The molecule has 1 fully saturated rings. The fourth-order valence-corrected chi connectivity index (χ4v) is 5.44. The van der Waals surface area contributed by atoms with Gasteiger partial charge in [-0.2, -0.15) is 0 Å². The van der Waals surface area contributed by atoms with Gasteiger partial charge in [0, 0.05) is 60.5 Å². The zero-order valence-electron chi connectivity index (χ0n) is 23.1. The Morgan fingerprint density at radius 3 is 2.80 bits per heavy atom. The SMILES string of the molecule is COc1cc2ccc1CNC(=O)COc1cc(ccc1C)C(=O)N[C@H]1CN(c3ccnc4ccccc34)CC[C@H]1O2. The number of amides is 2. The van der Waals surface area contributed by atoms with Gasteiger partial charge in [-0.3, -0.25) is 14.6 Å². The maximum Gasteiger partial charge on any atom is 0.258 e. The maximum absolute atomic E-state index is 13.6. The van der Waals surface area contributed by atoms with Gasteiger partial charge < -0.3 is 29.7 Å². The van der Waals surface area contributed by atoms with Crippen LogP contribution in [-0.2, 0) is 11.3 Å². The van der Waals surface area contributed by atoms with Crippen molar-refractivity contribution in [1.29, 1.82) is 0 Å². The summed E-state index contributed by atoms with van der Waals surface area (Å²) in [7, 11) is 1.59. The highest BCUT2D eigenvalue weighted by Crippen LogP contribution is 2.31. The molecule has 0 unspecified atom stereocenters. The van der Waals surface area contributed by atoms with Crippen LogP contribution in [0, 0.1) is 6.92 Å². The Kier molecular flexibility index (Phi) is 7.33. The van der Waals surface area contributed by atoms with E-state index in [2.05, 4.69) is 26.6 Å². The van der Waals surface area contributed by atoms with Crippen LogP contribution in [-0.4, -0.2) is 55.8 Å². The van der Waals surface area contributed by atoms with Crippen LogP contribution in [0.1, 0.15) is 27.9 Å². The number of rotatable bonds is 2. The van der Waals surface area contributed by atoms with Gasteiger partial charge >= 0.3 is 0 Å². The van der Waals surface area contributed by atoms with Crippen molar-refractivity contribution in [2.24, 2.45) is 0 Å². The normalized spacial score (nSPS) is 19.3. The Hall–Kier alpha value is -4.79. The molecule has 4 heterocycles. The number of piperidine rings is 1. The fourth-order valence-electron chi connectivity index (χ4n) is 5.44. The number of hydrogen-bond donors (Lipinski definition) is 2. The number of anilines is 1. The minimum Gasteiger partial charge on any atom is -0.496 e. The molecule has 1 aromatic heterocycles. The number of nitrogens with zero attached hydrogens (tertiary/aromatic N) is 2. The molecule has 2 N–H and O–H groups in total. The highest BCUT2D eigenvalue weighted by molar-refractivity contribution is 5.95. The molecule has 0 aliphatic carbocycles. The topological polar surface area (TPSA) is 102 Å². The van der Waals surface area contributed by atoms with Gasteiger partial charge in [0.1, 0.15) is 23.4 Å². The molecule has 9 heteroatoms. The summed E-state index contributed by atoms with van der Waals surface area (Å²) in [6.45, 7) is 3.29. The van der Waals surface area contributed by atoms with Crippen molar-refractivity contribution in [3.63, 3.8) is 0 Å². The summed E-state index contributed by atoms with van der Waals surface area (Å²) < 4.78 is 17.9. The molecule has 4 aromatic rings. The lowest BCUT2D eigenvalue weighted by Gasteiger charge is -2.40. The number of fused-ring (bicyclic) bond motifs is 8. The molecule has 3 aliphatic heterocycles. The largest absolute Gasteiger partial charge is 0.496 e. The molecule has 7 rings (SSSR count). The average molecular weight is 553 g/mol. The van der Waals surface area contributed by atoms with Gasteiger partial charge in [0.25, 0.3) is 11.8 Å². The molecule has 9 nitrogen and oxygen atoms in total. The third-order valence-corrected chi connectivity index (χ3v) is 7.66. The van der Waals surface area contributed by atoms with Crippen LogP contribution < -0.4 is 29.7 Å². The summed E-state index contributed by atoms with van der Waals surface area (Å²) in [5.41, 5.74) is 4.10. The van der Waals surface area contributed by atoms with E-state index in [0.29, 0.717) is 35.8 Å². The zero-order chi connectivity index (χ0) is 28.3. The molecular weight excluding hydrogens is 520 g/mol. The van der Waals surface area contributed by atoms with Gasteiger partial charge in [-0.1, -0.05) is 24.3 Å². The summed E-state index contributed by atoms with van der Waals surface area (Å²) >= 11 is 0. The van der Waals surface area contributed by atoms with Crippen LogP contribution in [0.15, 0.2) is 72.9 Å². The molecule has 4 bridgehead atoms. The molecule has 41 heavy (non-hydrogen) atoms.